The molecule has 0 spiro atoms. The topological polar surface area (TPSA) is 76.0 Å². The van der Waals surface area contributed by atoms with Crippen molar-refractivity contribution in [3.8, 4) is 5.75 Å². The van der Waals surface area contributed by atoms with Gasteiger partial charge in [-0.3, -0.25) is 0 Å². The Morgan fingerprint density at radius 1 is 1.40 bits per heavy atom. The smallest absolute Gasteiger partial charge is 0.154 e. The zero-order chi connectivity index (χ0) is 14.6. The molecule has 1 heterocycles. The number of rotatable bonds is 5. The van der Waals surface area contributed by atoms with E-state index in [0.717, 1.165) is 12.0 Å². The van der Waals surface area contributed by atoms with Crippen LogP contribution in [0, 0.1) is 0 Å². The summed E-state index contributed by atoms with van der Waals surface area (Å²) in [5, 5.41) is 11.7. The standard InChI is InChI=1S/C14H19NO4S/c1-11(15-16)2-3-12-4-6-13(7-5-12)19-14-8-9-20(17,18)10-14/h4-7,14,16H,2-3,8-10H2,1H3/b15-11+. The molecule has 0 aliphatic carbocycles. The summed E-state index contributed by atoms with van der Waals surface area (Å²) in [6.07, 6.45) is 1.84. The third-order valence-corrected chi connectivity index (χ3v) is 5.10. The Morgan fingerprint density at radius 3 is 2.65 bits per heavy atom. The Balaban J connectivity index is 1.89. The van der Waals surface area contributed by atoms with Gasteiger partial charge in [0.05, 0.1) is 17.2 Å². The third-order valence-electron chi connectivity index (χ3n) is 3.36. The van der Waals surface area contributed by atoms with E-state index in [4.69, 9.17) is 9.94 Å². The van der Waals surface area contributed by atoms with Crippen molar-refractivity contribution in [1.29, 1.82) is 0 Å². The van der Waals surface area contributed by atoms with Gasteiger partial charge in [0.25, 0.3) is 0 Å². The lowest BCUT2D eigenvalue weighted by atomic mass is 10.1. The fourth-order valence-electron chi connectivity index (χ4n) is 2.16. The second kappa shape index (κ2) is 6.26. The summed E-state index contributed by atoms with van der Waals surface area (Å²) in [7, 11) is -2.91. The van der Waals surface area contributed by atoms with Crippen LogP contribution < -0.4 is 4.74 Å². The minimum atomic E-state index is -2.91. The number of ether oxygens (including phenoxy) is 1. The molecular formula is C14H19NO4S. The molecule has 1 fully saturated rings. The summed E-state index contributed by atoms with van der Waals surface area (Å²) in [4.78, 5) is 0. The van der Waals surface area contributed by atoms with Gasteiger partial charge in [-0.1, -0.05) is 17.3 Å². The van der Waals surface area contributed by atoms with Crippen molar-refractivity contribution >= 4 is 15.5 Å². The van der Waals surface area contributed by atoms with Gasteiger partial charge in [-0.05, 0) is 43.9 Å². The van der Waals surface area contributed by atoms with E-state index in [1.165, 1.54) is 0 Å². The molecule has 20 heavy (non-hydrogen) atoms. The lowest BCUT2D eigenvalue weighted by molar-refractivity contribution is 0.229. The van der Waals surface area contributed by atoms with Crippen LogP contribution in [0.4, 0.5) is 0 Å². The molecular weight excluding hydrogens is 278 g/mol. The number of aryl methyl sites for hydroxylation is 1. The van der Waals surface area contributed by atoms with E-state index in [2.05, 4.69) is 5.16 Å². The first-order chi connectivity index (χ1) is 9.48. The minimum absolute atomic E-state index is 0.112. The number of benzene rings is 1. The van der Waals surface area contributed by atoms with Crippen molar-refractivity contribution in [3.63, 3.8) is 0 Å². The maximum atomic E-state index is 11.4. The molecule has 0 saturated carbocycles. The second-order valence-corrected chi connectivity index (χ2v) is 7.35. The van der Waals surface area contributed by atoms with Crippen LogP contribution in [0.5, 0.6) is 5.75 Å². The van der Waals surface area contributed by atoms with E-state index in [1.54, 1.807) is 6.92 Å². The van der Waals surface area contributed by atoms with Gasteiger partial charge in [0.1, 0.15) is 11.9 Å². The SMILES string of the molecule is C/C(CCc1ccc(OC2CCS(=O)(=O)C2)cc1)=N\O. The molecule has 1 N–H and O–H groups in total. The van der Waals surface area contributed by atoms with Gasteiger partial charge in [0.15, 0.2) is 9.84 Å². The molecule has 0 aromatic heterocycles. The van der Waals surface area contributed by atoms with Crippen molar-refractivity contribution in [3.05, 3.63) is 29.8 Å². The van der Waals surface area contributed by atoms with Crippen LogP contribution in [-0.2, 0) is 16.3 Å². The average Bonchev–Trinajstić information content (AvgIpc) is 2.76. The van der Waals surface area contributed by atoms with E-state index in [0.29, 0.717) is 24.3 Å². The van der Waals surface area contributed by atoms with Gasteiger partial charge in [0.2, 0.25) is 0 Å². The van der Waals surface area contributed by atoms with E-state index < -0.39 is 9.84 Å². The number of sulfone groups is 1. The minimum Gasteiger partial charge on any atom is -0.489 e. The summed E-state index contributed by atoms with van der Waals surface area (Å²) in [6, 6.07) is 7.60. The molecule has 5 nitrogen and oxygen atoms in total. The van der Waals surface area contributed by atoms with Crippen LogP contribution in [0.2, 0.25) is 0 Å². The summed E-state index contributed by atoms with van der Waals surface area (Å²) < 4.78 is 28.4. The van der Waals surface area contributed by atoms with Gasteiger partial charge in [-0.25, -0.2) is 8.42 Å². The zero-order valence-electron chi connectivity index (χ0n) is 11.4. The first-order valence-electron chi connectivity index (χ1n) is 6.62. The normalized spacial score (nSPS) is 21.9. The summed E-state index contributed by atoms with van der Waals surface area (Å²) in [5.74, 6) is 1.03. The summed E-state index contributed by atoms with van der Waals surface area (Å²) in [6.45, 7) is 1.78. The highest BCUT2D eigenvalue weighted by atomic mass is 32.2. The van der Waals surface area contributed by atoms with Gasteiger partial charge in [-0.15, -0.1) is 0 Å². The maximum Gasteiger partial charge on any atom is 0.154 e. The molecule has 1 unspecified atom stereocenters. The molecule has 0 bridgehead atoms. The van der Waals surface area contributed by atoms with Gasteiger partial charge in [0, 0.05) is 0 Å². The Morgan fingerprint density at radius 2 is 2.10 bits per heavy atom. The Bertz CT molecular complexity index is 578. The maximum absolute atomic E-state index is 11.4. The van der Waals surface area contributed by atoms with Crippen LogP contribution >= 0.6 is 0 Å². The fraction of sp³-hybridized carbons (Fsp3) is 0.500. The third kappa shape index (κ3) is 4.23. The molecule has 1 aliphatic heterocycles. The highest BCUT2D eigenvalue weighted by Crippen LogP contribution is 2.20. The molecule has 1 aliphatic rings. The molecule has 1 aromatic carbocycles. The molecule has 110 valence electrons. The summed E-state index contributed by atoms with van der Waals surface area (Å²) >= 11 is 0. The summed E-state index contributed by atoms with van der Waals surface area (Å²) in [5.41, 5.74) is 1.82. The highest BCUT2D eigenvalue weighted by molar-refractivity contribution is 7.91. The highest BCUT2D eigenvalue weighted by Gasteiger charge is 2.29. The van der Waals surface area contributed by atoms with Crippen LogP contribution in [-0.4, -0.2) is 36.9 Å². The Kier molecular flexibility index (Phi) is 4.65. The Labute approximate surface area is 119 Å². The van der Waals surface area contributed by atoms with Crippen LogP contribution in [0.25, 0.3) is 0 Å². The van der Waals surface area contributed by atoms with Crippen molar-refractivity contribution in [2.45, 2.75) is 32.3 Å². The van der Waals surface area contributed by atoms with Crippen molar-refractivity contribution in [1.82, 2.24) is 0 Å². The molecule has 0 amide bonds. The van der Waals surface area contributed by atoms with Gasteiger partial charge >= 0.3 is 0 Å². The van der Waals surface area contributed by atoms with E-state index in [1.807, 2.05) is 24.3 Å². The predicted octanol–water partition coefficient (Wildman–Crippen LogP) is 2.04. The first kappa shape index (κ1) is 14.8. The molecule has 0 radical (unpaired) electrons. The number of nitrogens with zero attached hydrogens (tertiary/aromatic N) is 1. The molecule has 2 rings (SSSR count). The molecule has 6 heteroatoms. The zero-order valence-corrected chi connectivity index (χ0v) is 12.3. The van der Waals surface area contributed by atoms with Gasteiger partial charge in [-0.2, -0.15) is 0 Å². The van der Waals surface area contributed by atoms with Crippen molar-refractivity contribution in [2.24, 2.45) is 5.16 Å². The predicted molar refractivity (Wildman–Crippen MR) is 77.3 cm³/mol. The molecule has 1 atom stereocenters. The number of hydrogen-bond acceptors (Lipinski definition) is 5. The van der Waals surface area contributed by atoms with Gasteiger partial charge < -0.3 is 9.94 Å². The van der Waals surface area contributed by atoms with Crippen molar-refractivity contribution < 1.29 is 18.4 Å². The average molecular weight is 297 g/mol. The quantitative estimate of drug-likeness (QED) is 0.512. The van der Waals surface area contributed by atoms with Crippen molar-refractivity contribution in [2.75, 3.05) is 11.5 Å². The second-order valence-electron chi connectivity index (χ2n) is 5.12. The largest absolute Gasteiger partial charge is 0.489 e. The van der Waals surface area contributed by atoms with Crippen LogP contribution in [0.15, 0.2) is 29.4 Å². The van der Waals surface area contributed by atoms with Crippen LogP contribution in [0.1, 0.15) is 25.3 Å². The number of oxime groups is 1. The van der Waals surface area contributed by atoms with E-state index in [9.17, 15) is 8.42 Å². The monoisotopic (exact) mass is 297 g/mol. The molecule has 1 aromatic rings. The van der Waals surface area contributed by atoms with E-state index >= 15 is 0 Å². The lowest BCUT2D eigenvalue weighted by Crippen LogP contribution is -2.17. The Hall–Kier alpha value is -1.56. The van der Waals surface area contributed by atoms with E-state index in [-0.39, 0.29) is 17.6 Å². The first-order valence-corrected chi connectivity index (χ1v) is 8.44. The molecule has 1 saturated heterocycles. The lowest BCUT2D eigenvalue weighted by Gasteiger charge is -2.12. The fourth-order valence-corrected chi connectivity index (χ4v) is 3.75. The van der Waals surface area contributed by atoms with Crippen LogP contribution in [0.3, 0.4) is 0 Å². The number of hydrogen-bond donors (Lipinski definition) is 1.